The van der Waals surface area contributed by atoms with Crippen LogP contribution in [0, 0.1) is 18.6 Å². The Hall–Kier alpha value is -3.06. The summed E-state index contributed by atoms with van der Waals surface area (Å²) in [7, 11) is 0. The molecule has 0 bridgehead atoms. The highest BCUT2D eigenvalue weighted by Gasteiger charge is 2.12. The molecular formula is C18H13ClF2N4O. The molecule has 0 fully saturated rings. The average Bonchev–Trinajstić information content (AvgIpc) is 2.61. The molecule has 3 rings (SSSR count). The summed E-state index contributed by atoms with van der Waals surface area (Å²) in [4.78, 5) is 20.4. The van der Waals surface area contributed by atoms with Gasteiger partial charge in [0, 0.05) is 23.0 Å². The van der Waals surface area contributed by atoms with Crippen molar-refractivity contribution in [2.45, 2.75) is 6.92 Å². The second-order valence-corrected chi connectivity index (χ2v) is 5.79. The Morgan fingerprint density at radius 2 is 1.92 bits per heavy atom. The monoisotopic (exact) mass is 374 g/mol. The van der Waals surface area contributed by atoms with Gasteiger partial charge in [-0.2, -0.15) is 0 Å². The Kier molecular flexibility index (Phi) is 5.09. The molecule has 0 atom stereocenters. The average molecular weight is 375 g/mol. The molecule has 0 unspecified atom stereocenters. The predicted octanol–water partition coefficient (Wildman–Crippen LogP) is 4.71. The zero-order valence-corrected chi connectivity index (χ0v) is 14.3. The molecule has 26 heavy (non-hydrogen) atoms. The predicted molar refractivity (Wildman–Crippen MR) is 95.8 cm³/mol. The van der Waals surface area contributed by atoms with E-state index in [-0.39, 0.29) is 17.3 Å². The molecule has 0 saturated carbocycles. The van der Waals surface area contributed by atoms with Crippen LogP contribution in [-0.2, 0) is 0 Å². The van der Waals surface area contributed by atoms with Crippen molar-refractivity contribution in [1.29, 1.82) is 0 Å². The Labute approximate surface area is 153 Å². The van der Waals surface area contributed by atoms with E-state index < -0.39 is 17.5 Å². The Bertz CT molecular complexity index is 981. The lowest BCUT2D eigenvalue weighted by molar-refractivity contribution is 0.102. The van der Waals surface area contributed by atoms with E-state index >= 15 is 0 Å². The van der Waals surface area contributed by atoms with Gasteiger partial charge in [0.2, 0.25) is 5.95 Å². The lowest BCUT2D eigenvalue weighted by Gasteiger charge is -2.10. The summed E-state index contributed by atoms with van der Waals surface area (Å²) in [6.45, 7) is 1.78. The molecule has 8 heteroatoms. The highest BCUT2D eigenvalue weighted by atomic mass is 35.5. The first-order valence-electron chi connectivity index (χ1n) is 7.55. The summed E-state index contributed by atoms with van der Waals surface area (Å²) in [5.74, 6) is -1.96. The topological polar surface area (TPSA) is 66.9 Å². The number of carbonyl (C=O) groups excluding carboxylic acids is 1. The van der Waals surface area contributed by atoms with Crippen LogP contribution in [0.3, 0.4) is 0 Å². The van der Waals surface area contributed by atoms with Gasteiger partial charge in [0.15, 0.2) is 0 Å². The highest BCUT2D eigenvalue weighted by molar-refractivity contribution is 6.31. The summed E-state index contributed by atoms with van der Waals surface area (Å²) >= 11 is 6.04. The summed E-state index contributed by atoms with van der Waals surface area (Å²) in [6.07, 6.45) is 1.36. The standard InChI is InChI=1S/C18H13ClF2N4O/c1-10-12(19)3-2-4-14(10)23-17(26)16-7-8-22-18(25-16)24-15-6-5-11(20)9-13(15)21/h2-9H,1H3,(H,23,26)(H,22,24,25). The van der Waals surface area contributed by atoms with Gasteiger partial charge in [-0.1, -0.05) is 17.7 Å². The first-order valence-corrected chi connectivity index (χ1v) is 7.93. The fourth-order valence-corrected chi connectivity index (χ4v) is 2.36. The molecule has 0 aliphatic carbocycles. The summed E-state index contributed by atoms with van der Waals surface area (Å²) in [5.41, 5.74) is 1.35. The van der Waals surface area contributed by atoms with E-state index in [0.717, 1.165) is 17.7 Å². The molecule has 2 aromatic carbocycles. The van der Waals surface area contributed by atoms with Gasteiger partial charge in [0.05, 0.1) is 5.69 Å². The third-order valence-electron chi connectivity index (χ3n) is 3.58. The van der Waals surface area contributed by atoms with Crippen molar-refractivity contribution in [3.63, 3.8) is 0 Å². The molecule has 0 spiro atoms. The molecule has 5 nitrogen and oxygen atoms in total. The zero-order chi connectivity index (χ0) is 18.7. The van der Waals surface area contributed by atoms with Crippen molar-refractivity contribution in [2.24, 2.45) is 0 Å². The van der Waals surface area contributed by atoms with Crippen LogP contribution in [-0.4, -0.2) is 15.9 Å². The summed E-state index contributed by atoms with van der Waals surface area (Å²) in [5, 5.41) is 5.85. The normalized spacial score (nSPS) is 10.5. The maximum Gasteiger partial charge on any atom is 0.274 e. The molecule has 0 radical (unpaired) electrons. The van der Waals surface area contributed by atoms with Gasteiger partial charge in [0.25, 0.3) is 5.91 Å². The minimum atomic E-state index is -0.794. The fraction of sp³-hybridized carbons (Fsp3) is 0.0556. The van der Waals surface area contributed by atoms with Crippen LogP contribution in [0.15, 0.2) is 48.7 Å². The third kappa shape index (κ3) is 3.94. The van der Waals surface area contributed by atoms with Crippen molar-refractivity contribution in [3.8, 4) is 0 Å². The quantitative estimate of drug-likeness (QED) is 0.694. The van der Waals surface area contributed by atoms with Crippen LogP contribution in [0.5, 0.6) is 0 Å². The fourth-order valence-electron chi connectivity index (χ4n) is 2.19. The van der Waals surface area contributed by atoms with Gasteiger partial charge in [-0.05, 0) is 42.8 Å². The van der Waals surface area contributed by atoms with E-state index in [1.54, 1.807) is 25.1 Å². The largest absolute Gasteiger partial charge is 0.322 e. The van der Waals surface area contributed by atoms with E-state index in [0.29, 0.717) is 10.7 Å². The van der Waals surface area contributed by atoms with Crippen molar-refractivity contribution in [2.75, 3.05) is 10.6 Å². The van der Waals surface area contributed by atoms with Crippen molar-refractivity contribution in [1.82, 2.24) is 9.97 Å². The number of anilines is 3. The molecule has 2 N–H and O–H groups in total. The SMILES string of the molecule is Cc1c(Cl)cccc1NC(=O)c1ccnc(Nc2ccc(F)cc2F)n1. The number of carbonyl (C=O) groups is 1. The lowest BCUT2D eigenvalue weighted by Crippen LogP contribution is -2.15. The first kappa shape index (κ1) is 17.8. The lowest BCUT2D eigenvalue weighted by atomic mass is 10.2. The molecule has 0 aliphatic heterocycles. The molecule has 1 heterocycles. The Morgan fingerprint density at radius 3 is 2.69 bits per heavy atom. The minimum absolute atomic E-state index is 0.00496. The molecule has 132 valence electrons. The number of nitrogens with zero attached hydrogens (tertiary/aromatic N) is 2. The molecule has 0 aliphatic rings. The number of hydrogen-bond donors (Lipinski definition) is 2. The number of hydrogen-bond acceptors (Lipinski definition) is 4. The summed E-state index contributed by atoms with van der Waals surface area (Å²) in [6, 6.07) is 9.63. The minimum Gasteiger partial charge on any atom is -0.322 e. The van der Waals surface area contributed by atoms with Crippen molar-refractivity contribution >= 4 is 34.8 Å². The number of rotatable bonds is 4. The molecule has 1 aromatic heterocycles. The first-order chi connectivity index (χ1) is 12.4. The van der Waals surface area contributed by atoms with E-state index in [1.165, 1.54) is 18.3 Å². The second kappa shape index (κ2) is 7.45. The van der Waals surface area contributed by atoms with Gasteiger partial charge in [-0.15, -0.1) is 0 Å². The van der Waals surface area contributed by atoms with Gasteiger partial charge in [0.1, 0.15) is 17.3 Å². The van der Waals surface area contributed by atoms with Crippen molar-refractivity contribution < 1.29 is 13.6 Å². The van der Waals surface area contributed by atoms with E-state index in [1.807, 2.05) is 0 Å². The zero-order valence-electron chi connectivity index (χ0n) is 13.6. The van der Waals surface area contributed by atoms with Gasteiger partial charge in [-0.25, -0.2) is 18.7 Å². The van der Waals surface area contributed by atoms with Crippen LogP contribution in [0.25, 0.3) is 0 Å². The molecular weight excluding hydrogens is 362 g/mol. The van der Waals surface area contributed by atoms with E-state index in [9.17, 15) is 13.6 Å². The summed E-state index contributed by atoms with van der Waals surface area (Å²) < 4.78 is 26.7. The number of aromatic nitrogens is 2. The van der Waals surface area contributed by atoms with Crippen LogP contribution >= 0.6 is 11.6 Å². The van der Waals surface area contributed by atoms with E-state index in [2.05, 4.69) is 20.6 Å². The van der Waals surface area contributed by atoms with Crippen molar-refractivity contribution in [3.05, 3.63) is 76.6 Å². The Balaban J connectivity index is 1.80. The molecule has 0 saturated heterocycles. The maximum absolute atomic E-state index is 13.7. The van der Waals surface area contributed by atoms with Crippen LogP contribution < -0.4 is 10.6 Å². The second-order valence-electron chi connectivity index (χ2n) is 5.38. The van der Waals surface area contributed by atoms with Gasteiger partial charge in [-0.3, -0.25) is 4.79 Å². The Morgan fingerprint density at radius 1 is 1.12 bits per heavy atom. The number of halogens is 3. The van der Waals surface area contributed by atoms with Crippen LogP contribution in [0.1, 0.15) is 16.1 Å². The third-order valence-corrected chi connectivity index (χ3v) is 3.99. The molecule has 1 amide bonds. The highest BCUT2D eigenvalue weighted by Crippen LogP contribution is 2.23. The van der Waals surface area contributed by atoms with E-state index in [4.69, 9.17) is 11.6 Å². The molecule has 3 aromatic rings. The number of benzene rings is 2. The number of amides is 1. The van der Waals surface area contributed by atoms with Gasteiger partial charge < -0.3 is 10.6 Å². The number of nitrogens with one attached hydrogen (secondary N) is 2. The van der Waals surface area contributed by atoms with Gasteiger partial charge >= 0.3 is 0 Å². The van der Waals surface area contributed by atoms with Crippen LogP contribution in [0.2, 0.25) is 5.02 Å². The smallest absolute Gasteiger partial charge is 0.274 e. The maximum atomic E-state index is 13.7. The van der Waals surface area contributed by atoms with Crippen LogP contribution in [0.4, 0.5) is 26.1 Å².